The predicted molar refractivity (Wildman–Crippen MR) is 109 cm³/mol. The molecule has 1 aromatic carbocycles. The van der Waals surface area contributed by atoms with E-state index in [4.69, 9.17) is 10.6 Å². The van der Waals surface area contributed by atoms with Gasteiger partial charge in [0, 0.05) is 0 Å². The van der Waals surface area contributed by atoms with Gasteiger partial charge in [0.1, 0.15) is 16.3 Å². The summed E-state index contributed by atoms with van der Waals surface area (Å²) in [6.45, 7) is 9.44. The van der Waals surface area contributed by atoms with Crippen molar-refractivity contribution < 1.29 is 27.1 Å². The number of carbonyl (C=O) groups is 1. The largest absolute Gasteiger partial charge is 0.744 e. The third-order valence-corrected chi connectivity index (χ3v) is 5.43. The highest BCUT2D eigenvalue weighted by atomic mass is 32.2. The Bertz CT molecular complexity index is 899. The topological polar surface area (TPSA) is 118 Å². The van der Waals surface area contributed by atoms with Crippen LogP contribution >= 0.6 is 0 Å². The maximum atomic E-state index is 11.8. The minimum Gasteiger partial charge on any atom is -0.744 e. The van der Waals surface area contributed by atoms with Gasteiger partial charge < -0.3 is 9.29 Å². The van der Waals surface area contributed by atoms with E-state index >= 15 is 0 Å². The van der Waals surface area contributed by atoms with Gasteiger partial charge in [0.25, 0.3) is 6.33 Å². The number of nitrogens with two attached hydrogens (primary N) is 1. The highest BCUT2D eigenvalue weighted by Gasteiger charge is 2.25. The normalized spacial score (nSPS) is 12.1. The number of imidazole rings is 1. The fourth-order valence-electron chi connectivity index (χ4n) is 3.15. The van der Waals surface area contributed by atoms with E-state index in [1.165, 1.54) is 4.68 Å². The maximum absolute atomic E-state index is 11.8. The Balaban J connectivity index is 0.000000296. The summed E-state index contributed by atoms with van der Waals surface area (Å²) >= 11 is 0. The lowest BCUT2D eigenvalue weighted by molar-refractivity contribution is -0.711. The molecule has 29 heavy (non-hydrogen) atoms. The molecule has 1 heterocycles. The molecule has 8 nitrogen and oxygen atoms in total. The minimum atomic E-state index is -4.33. The molecule has 2 N–H and O–H groups in total. The maximum Gasteiger partial charge on any atom is 0.351 e. The molecular formula is C20H31N3O5S. The number of ether oxygens (including phenoxy) is 1. The second-order valence-electron chi connectivity index (χ2n) is 6.90. The summed E-state index contributed by atoms with van der Waals surface area (Å²) in [4.78, 5) is 11.7. The van der Waals surface area contributed by atoms with Crippen molar-refractivity contribution in [2.24, 2.45) is 0 Å². The summed E-state index contributed by atoms with van der Waals surface area (Å²) in [5, 5.41) is 0. The Kier molecular flexibility index (Phi) is 9.32. The van der Waals surface area contributed by atoms with Gasteiger partial charge in [-0.05, 0) is 51.7 Å². The molecule has 0 saturated heterocycles. The first kappa shape index (κ1) is 24.6. The van der Waals surface area contributed by atoms with Crippen LogP contribution in [0.1, 0.15) is 55.8 Å². The Morgan fingerprint density at radius 3 is 2.24 bits per heavy atom. The molecule has 0 saturated carbocycles. The second kappa shape index (κ2) is 11.0. The summed E-state index contributed by atoms with van der Waals surface area (Å²) < 4.78 is 40.8. The third kappa shape index (κ3) is 7.51. The van der Waals surface area contributed by atoms with Gasteiger partial charge in [0.15, 0.2) is 12.2 Å². The quantitative estimate of drug-likeness (QED) is 0.315. The van der Waals surface area contributed by atoms with E-state index in [0.29, 0.717) is 17.7 Å². The van der Waals surface area contributed by atoms with Gasteiger partial charge in [0.2, 0.25) is 0 Å². The number of nitrogen functional groups attached to an aromatic ring is 1. The number of benzene rings is 1. The highest BCUT2D eigenvalue weighted by molar-refractivity contribution is 7.85. The first-order valence-electron chi connectivity index (χ1n) is 9.55. The molecule has 1 atom stereocenters. The number of aromatic nitrogens is 2. The van der Waals surface area contributed by atoms with Crippen LogP contribution in [0.15, 0.2) is 35.7 Å². The van der Waals surface area contributed by atoms with Crippen molar-refractivity contribution in [3.05, 3.63) is 47.5 Å². The fourth-order valence-corrected chi connectivity index (χ4v) is 4.06. The Hall–Kier alpha value is -2.39. The molecule has 0 bridgehead atoms. The van der Waals surface area contributed by atoms with Crippen LogP contribution in [-0.2, 0) is 19.6 Å². The van der Waals surface area contributed by atoms with Gasteiger partial charge in [-0.1, -0.05) is 31.0 Å². The number of carbonyl (C=O) groups excluding carboxylic acids is 1. The summed E-state index contributed by atoms with van der Waals surface area (Å²) in [5.74, 6) is 5.38. The lowest BCUT2D eigenvalue weighted by Gasteiger charge is -2.14. The predicted octanol–water partition coefficient (Wildman–Crippen LogP) is 2.30. The van der Waals surface area contributed by atoms with E-state index in [1.807, 2.05) is 13.8 Å². The summed E-state index contributed by atoms with van der Waals surface area (Å²) in [6.07, 6.45) is 8.02. The second-order valence-corrected chi connectivity index (χ2v) is 8.22. The first-order chi connectivity index (χ1) is 13.5. The molecule has 162 valence electrons. The molecule has 2 rings (SSSR count). The summed E-state index contributed by atoms with van der Waals surface area (Å²) in [6, 6.07) is 3.12. The molecule has 0 spiro atoms. The average Bonchev–Trinajstić information content (AvgIpc) is 3.00. The number of unbranched alkanes of at least 4 members (excludes halogenated alkanes) is 1. The Labute approximate surface area is 173 Å². The molecule has 1 aromatic heterocycles. The molecule has 0 radical (unpaired) electrons. The molecule has 0 aliphatic rings. The molecule has 1 unspecified atom stereocenters. The zero-order chi connectivity index (χ0) is 22.2. The van der Waals surface area contributed by atoms with Crippen LogP contribution in [0.25, 0.3) is 0 Å². The smallest absolute Gasteiger partial charge is 0.351 e. The molecule has 0 fully saturated rings. The Morgan fingerprint density at radius 2 is 1.83 bits per heavy atom. The van der Waals surface area contributed by atoms with Gasteiger partial charge in [0.05, 0.1) is 11.5 Å². The molecule has 0 aliphatic carbocycles. The van der Waals surface area contributed by atoms with Crippen molar-refractivity contribution in [2.75, 3.05) is 12.4 Å². The van der Waals surface area contributed by atoms with Crippen LogP contribution in [0, 0.1) is 20.8 Å². The lowest BCUT2D eigenvalue weighted by Crippen LogP contribution is -2.43. The Morgan fingerprint density at radius 1 is 1.24 bits per heavy atom. The molecule has 0 aliphatic heterocycles. The lowest BCUT2D eigenvalue weighted by atomic mass is 10.1. The van der Waals surface area contributed by atoms with E-state index < -0.39 is 10.1 Å². The van der Waals surface area contributed by atoms with Gasteiger partial charge in [-0.15, -0.1) is 4.68 Å². The van der Waals surface area contributed by atoms with Gasteiger partial charge in [-0.2, -0.15) is 0 Å². The summed E-state index contributed by atoms with van der Waals surface area (Å²) in [7, 11) is -4.33. The third-order valence-electron chi connectivity index (χ3n) is 4.28. The molecular weight excluding hydrogens is 394 g/mol. The monoisotopic (exact) mass is 425 g/mol. The van der Waals surface area contributed by atoms with Crippen LogP contribution in [0.5, 0.6) is 0 Å². The van der Waals surface area contributed by atoms with Gasteiger partial charge in [-0.3, -0.25) is 5.84 Å². The minimum absolute atomic E-state index is 0.0851. The van der Waals surface area contributed by atoms with Crippen LogP contribution in [-0.4, -0.2) is 30.2 Å². The van der Waals surface area contributed by atoms with E-state index in [2.05, 4.69) is 6.92 Å². The number of hydrogen-bond donors (Lipinski definition) is 1. The molecule has 0 amide bonds. The van der Waals surface area contributed by atoms with E-state index in [1.54, 1.807) is 49.3 Å². The number of nitrogens with zero attached hydrogens (tertiary/aromatic N) is 2. The molecule has 2 aromatic rings. The van der Waals surface area contributed by atoms with E-state index in [-0.39, 0.29) is 16.9 Å². The van der Waals surface area contributed by atoms with E-state index in [0.717, 1.165) is 24.8 Å². The number of rotatable bonds is 7. The SMILES string of the molecule is CCCCC(C(=O)OCC)[n+]1ccn(N)c1.Cc1cc(C)c(S(=O)(=O)[O-])c(C)c1. The zero-order valence-corrected chi connectivity index (χ0v) is 18.5. The average molecular weight is 426 g/mol. The van der Waals surface area contributed by atoms with Gasteiger partial charge in [-0.25, -0.2) is 17.8 Å². The van der Waals surface area contributed by atoms with Crippen molar-refractivity contribution in [1.29, 1.82) is 0 Å². The molecule has 9 heteroatoms. The van der Waals surface area contributed by atoms with E-state index in [9.17, 15) is 17.8 Å². The number of esters is 1. The van der Waals surface area contributed by atoms with Crippen molar-refractivity contribution in [2.45, 2.75) is 64.8 Å². The van der Waals surface area contributed by atoms with Crippen LogP contribution in [0.4, 0.5) is 0 Å². The standard InChI is InChI=1S/C11H20N3O2.C9H12O3S/c1-3-5-6-10(11(15)16-4-2)13-7-8-14(12)9-13;1-6-4-7(2)9(8(3)5-6)13(10,11)12/h7-10H,3-6,12H2,1-2H3;4-5H,1-3H3,(H,10,11,12)/q+1;/p-1. The fraction of sp³-hybridized carbons (Fsp3) is 0.500. The van der Waals surface area contributed by atoms with Gasteiger partial charge >= 0.3 is 5.97 Å². The number of hydrogen-bond acceptors (Lipinski definition) is 6. The van der Waals surface area contributed by atoms with Crippen LogP contribution in [0.2, 0.25) is 0 Å². The van der Waals surface area contributed by atoms with Crippen molar-refractivity contribution in [3.63, 3.8) is 0 Å². The zero-order valence-electron chi connectivity index (χ0n) is 17.7. The van der Waals surface area contributed by atoms with Crippen molar-refractivity contribution in [3.8, 4) is 0 Å². The van der Waals surface area contributed by atoms with Crippen LogP contribution in [0.3, 0.4) is 0 Å². The van der Waals surface area contributed by atoms with Crippen LogP contribution < -0.4 is 10.4 Å². The summed E-state index contributed by atoms with van der Waals surface area (Å²) in [5.41, 5.74) is 2.00. The van der Waals surface area contributed by atoms with Crippen molar-refractivity contribution >= 4 is 16.1 Å². The highest BCUT2D eigenvalue weighted by Crippen LogP contribution is 2.20. The van der Waals surface area contributed by atoms with Crippen molar-refractivity contribution in [1.82, 2.24) is 4.68 Å². The number of aryl methyl sites for hydroxylation is 3. The first-order valence-corrected chi connectivity index (χ1v) is 11.0.